The molecule has 1 heterocycles. The summed E-state index contributed by atoms with van der Waals surface area (Å²) in [6.07, 6.45) is 7.81. The van der Waals surface area contributed by atoms with Gasteiger partial charge in [0.05, 0.1) is 0 Å². The van der Waals surface area contributed by atoms with Crippen molar-refractivity contribution in [2.24, 2.45) is 5.73 Å². The Morgan fingerprint density at radius 1 is 1.36 bits per heavy atom. The summed E-state index contributed by atoms with van der Waals surface area (Å²) in [4.78, 5) is 1.64. The maximum absolute atomic E-state index is 5.86. The molecule has 1 aliphatic rings. The van der Waals surface area contributed by atoms with Gasteiger partial charge in [0.1, 0.15) is 0 Å². The van der Waals surface area contributed by atoms with Crippen LogP contribution in [0.2, 0.25) is 0 Å². The highest BCUT2D eigenvalue weighted by molar-refractivity contribution is 7.10. The van der Waals surface area contributed by atoms with Crippen molar-refractivity contribution in [3.63, 3.8) is 0 Å². The predicted molar refractivity (Wildman–Crippen MR) is 62.9 cm³/mol. The number of hydrogen-bond acceptors (Lipinski definition) is 2. The van der Waals surface area contributed by atoms with Crippen molar-refractivity contribution in [1.82, 2.24) is 0 Å². The van der Waals surface area contributed by atoms with Crippen LogP contribution in [0.3, 0.4) is 0 Å². The predicted octanol–water partition coefficient (Wildman–Crippen LogP) is 2.91. The number of nitrogens with two attached hydrogens (primary N) is 1. The highest BCUT2D eigenvalue weighted by Crippen LogP contribution is 2.29. The first-order valence-corrected chi connectivity index (χ1v) is 6.49. The molecule has 0 saturated carbocycles. The minimum Gasteiger partial charge on any atom is -0.328 e. The third-order valence-electron chi connectivity index (χ3n) is 2.94. The average molecular weight is 209 g/mol. The standard InChI is InChI=1S/C12H19NS/c1-9(13)7-10-8-14-12-6-4-2-3-5-11(10)12/h8-9H,2-7,13H2,1H3. The normalized spacial score (nSPS) is 18.7. The van der Waals surface area contributed by atoms with Crippen molar-refractivity contribution < 1.29 is 0 Å². The molecule has 2 N–H and O–H groups in total. The van der Waals surface area contributed by atoms with E-state index in [1.54, 1.807) is 10.4 Å². The Kier molecular flexibility index (Phi) is 3.24. The Balaban J connectivity index is 2.20. The van der Waals surface area contributed by atoms with Crippen molar-refractivity contribution in [2.75, 3.05) is 0 Å². The second-order valence-electron chi connectivity index (χ2n) is 4.40. The van der Waals surface area contributed by atoms with Crippen LogP contribution >= 0.6 is 11.3 Å². The zero-order chi connectivity index (χ0) is 9.97. The Labute approximate surface area is 90.3 Å². The summed E-state index contributed by atoms with van der Waals surface area (Å²) in [7, 11) is 0. The monoisotopic (exact) mass is 209 g/mol. The highest BCUT2D eigenvalue weighted by Gasteiger charge is 2.14. The number of rotatable bonds is 2. The molecular weight excluding hydrogens is 190 g/mol. The van der Waals surface area contributed by atoms with E-state index in [9.17, 15) is 0 Å². The molecule has 14 heavy (non-hydrogen) atoms. The lowest BCUT2D eigenvalue weighted by molar-refractivity contribution is 0.703. The van der Waals surface area contributed by atoms with Gasteiger partial charge in [0.25, 0.3) is 0 Å². The van der Waals surface area contributed by atoms with Crippen molar-refractivity contribution in [3.8, 4) is 0 Å². The number of aryl methyl sites for hydroxylation is 1. The lowest BCUT2D eigenvalue weighted by Gasteiger charge is -2.06. The van der Waals surface area contributed by atoms with Crippen LogP contribution in [0, 0.1) is 0 Å². The van der Waals surface area contributed by atoms with E-state index >= 15 is 0 Å². The minimum absolute atomic E-state index is 0.303. The molecule has 1 nitrogen and oxygen atoms in total. The fraction of sp³-hybridized carbons (Fsp3) is 0.667. The molecule has 0 bridgehead atoms. The second-order valence-corrected chi connectivity index (χ2v) is 5.37. The fourth-order valence-corrected chi connectivity index (χ4v) is 3.42. The first-order valence-electron chi connectivity index (χ1n) is 5.61. The third kappa shape index (κ3) is 2.18. The summed E-state index contributed by atoms with van der Waals surface area (Å²) in [5, 5.41) is 2.33. The van der Waals surface area contributed by atoms with Crippen molar-refractivity contribution >= 4 is 11.3 Å². The first kappa shape index (κ1) is 10.2. The molecule has 0 aromatic carbocycles. The fourth-order valence-electron chi connectivity index (χ4n) is 2.26. The number of hydrogen-bond donors (Lipinski definition) is 1. The maximum Gasteiger partial charge on any atom is 0.00800 e. The molecule has 0 aliphatic heterocycles. The minimum atomic E-state index is 0.303. The molecule has 1 aromatic heterocycles. The van der Waals surface area contributed by atoms with Gasteiger partial charge in [0.2, 0.25) is 0 Å². The summed E-state index contributed by atoms with van der Waals surface area (Å²) < 4.78 is 0. The van der Waals surface area contributed by atoms with E-state index in [4.69, 9.17) is 5.73 Å². The quantitative estimate of drug-likeness (QED) is 0.745. The van der Waals surface area contributed by atoms with Crippen LogP contribution in [-0.2, 0) is 19.3 Å². The maximum atomic E-state index is 5.86. The molecule has 1 aromatic rings. The van der Waals surface area contributed by atoms with E-state index in [1.165, 1.54) is 37.7 Å². The SMILES string of the molecule is CC(N)Cc1csc2c1CCCCC2. The average Bonchev–Trinajstić information content (AvgIpc) is 2.37. The summed E-state index contributed by atoms with van der Waals surface area (Å²) in [6.45, 7) is 2.10. The van der Waals surface area contributed by atoms with E-state index in [2.05, 4.69) is 12.3 Å². The van der Waals surface area contributed by atoms with Gasteiger partial charge in [-0.2, -0.15) is 0 Å². The van der Waals surface area contributed by atoms with Crippen LogP contribution in [0.5, 0.6) is 0 Å². The molecule has 2 rings (SSSR count). The van der Waals surface area contributed by atoms with Crippen LogP contribution in [0.15, 0.2) is 5.38 Å². The van der Waals surface area contributed by atoms with E-state index in [1.807, 2.05) is 11.3 Å². The van der Waals surface area contributed by atoms with Gasteiger partial charge in [-0.05, 0) is 55.5 Å². The molecule has 1 aliphatic carbocycles. The van der Waals surface area contributed by atoms with Gasteiger partial charge < -0.3 is 5.73 Å². The van der Waals surface area contributed by atoms with Crippen molar-refractivity contribution in [1.29, 1.82) is 0 Å². The summed E-state index contributed by atoms with van der Waals surface area (Å²) in [6, 6.07) is 0.303. The Morgan fingerprint density at radius 3 is 2.93 bits per heavy atom. The van der Waals surface area contributed by atoms with Gasteiger partial charge in [-0.1, -0.05) is 6.42 Å². The van der Waals surface area contributed by atoms with Crippen molar-refractivity contribution in [3.05, 3.63) is 21.4 Å². The Morgan fingerprint density at radius 2 is 2.14 bits per heavy atom. The van der Waals surface area contributed by atoms with Crippen LogP contribution < -0.4 is 5.73 Å². The Hall–Kier alpha value is -0.340. The van der Waals surface area contributed by atoms with Crippen molar-refractivity contribution in [2.45, 2.75) is 51.5 Å². The number of thiophene rings is 1. The van der Waals surface area contributed by atoms with Crippen LogP contribution in [0.4, 0.5) is 0 Å². The molecule has 0 amide bonds. The molecule has 0 saturated heterocycles. The van der Waals surface area contributed by atoms with E-state index < -0.39 is 0 Å². The smallest absolute Gasteiger partial charge is 0.00800 e. The van der Waals surface area contributed by atoms with Crippen LogP contribution in [-0.4, -0.2) is 6.04 Å². The molecule has 0 spiro atoms. The molecule has 1 unspecified atom stereocenters. The van der Waals surface area contributed by atoms with Gasteiger partial charge in [0.15, 0.2) is 0 Å². The highest BCUT2D eigenvalue weighted by atomic mass is 32.1. The third-order valence-corrected chi connectivity index (χ3v) is 4.08. The van der Waals surface area contributed by atoms with Gasteiger partial charge in [-0.15, -0.1) is 11.3 Å². The zero-order valence-corrected chi connectivity index (χ0v) is 9.70. The summed E-state index contributed by atoms with van der Waals surface area (Å²) in [5.74, 6) is 0. The zero-order valence-electron chi connectivity index (χ0n) is 8.88. The topological polar surface area (TPSA) is 26.0 Å². The molecule has 0 radical (unpaired) electrons. The van der Waals surface area contributed by atoms with Crippen LogP contribution in [0.25, 0.3) is 0 Å². The van der Waals surface area contributed by atoms with Gasteiger partial charge in [0, 0.05) is 10.9 Å². The molecule has 1 atom stereocenters. The van der Waals surface area contributed by atoms with Gasteiger partial charge >= 0.3 is 0 Å². The largest absolute Gasteiger partial charge is 0.328 e. The molecule has 0 fully saturated rings. The van der Waals surface area contributed by atoms with E-state index in [-0.39, 0.29) is 0 Å². The molecule has 78 valence electrons. The molecule has 2 heteroatoms. The van der Waals surface area contributed by atoms with E-state index in [0.717, 1.165) is 6.42 Å². The molecular formula is C12H19NS. The Bertz CT molecular complexity index is 301. The summed E-state index contributed by atoms with van der Waals surface area (Å²) in [5.41, 5.74) is 9.03. The number of fused-ring (bicyclic) bond motifs is 1. The first-order chi connectivity index (χ1) is 6.77. The van der Waals surface area contributed by atoms with E-state index in [0.29, 0.717) is 6.04 Å². The van der Waals surface area contributed by atoms with Gasteiger partial charge in [-0.25, -0.2) is 0 Å². The summed E-state index contributed by atoms with van der Waals surface area (Å²) >= 11 is 1.95. The van der Waals surface area contributed by atoms with Gasteiger partial charge in [-0.3, -0.25) is 0 Å². The second kappa shape index (κ2) is 4.45. The lowest BCUT2D eigenvalue weighted by Crippen LogP contribution is -2.18. The lowest BCUT2D eigenvalue weighted by atomic mass is 10.0. The van der Waals surface area contributed by atoms with Crippen LogP contribution in [0.1, 0.15) is 42.2 Å².